The Morgan fingerprint density at radius 2 is 1.52 bits per heavy atom. The van der Waals surface area contributed by atoms with Crippen LogP contribution in [0.15, 0.2) is 48.5 Å². The third-order valence-electron chi connectivity index (χ3n) is 4.69. The average molecular weight is 398 g/mol. The number of benzene rings is 2. The Morgan fingerprint density at radius 1 is 0.931 bits per heavy atom. The standard InChI is InChI=1S/C23H31N3O3/c1-5-17(4)29-21-14-12-19(13-15-21)24-16-22(27)25-20-10-8-18(9-11-20)23(28)26(6-2)7-3/h8-15,17,24H,5-7,16H2,1-4H3,(H,25,27). The number of carbonyl (C=O) groups is 2. The largest absolute Gasteiger partial charge is 0.491 e. The molecule has 0 aromatic heterocycles. The van der Waals surface area contributed by atoms with Gasteiger partial charge in [0.2, 0.25) is 5.91 Å². The van der Waals surface area contributed by atoms with Crippen LogP contribution >= 0.6 is 0 Å². The van der Waals surface area contributed by atoms with Crippen LogP contribution in [0.3, 0.4) is 0 Å². The number of ether oxygens (including phenoxy) is 1. The SMILES string of the molecule is CCC(C)Oc1ccc(NCC(=O)Nc2ccc(C(=O)N(CC)CC)cc2)cc1. The minimum atomic E-state index is -0.159. The van der Waals surface area contributed by atoms with Crippen molar-refractivity contribution in [3.05, 3.63) is 54.1 Å². The molecule has 0 saturated carbocycles. The van der Waals surface area contributed by atoms with Crippen LogP contribution in [0.2, 0.25) is 0 Å². The Hall–Kier alpha value is -3.02. The van der Waals surface area contributed by atoms with Gasteiger partial charge in [-0.2, -0.15) is 0 Å². The van der Waals surface area contributed by atoms with E-state index in [2.05, 4.69) is 17.6 Å². The molecule has 29 heavy (non-hydrogen) atoms. The average Bonchev–Trinajstić information content (AvgIpc) is 2.74. The van der Waals surface area contributed by atoms with Crippen LogP contribution in [-0.2, 0) is 4.79 Å². The molecule has 0 aliphatic heterocycles. The quantitative estimate of drug-likeness (QED) is 0.623. The van der Waals surface area contributed by atoms with E-state index in [9.17, 15) is 9.59 Å². The predicted octanol–water partition coefficient (Wildman–Crippen LogP) is 4.40. The molecule has 1 atom stereocenters. The van der Waals surface area contributed by atoms with Gasteiger partial charge in [-0.05, 0) is 75.7 Å². The fourth-order valence-electron chi connectivity index (χ4n) is 2.74. The number of carbonyl (C=O) groups excluding carboxylic acids is 2. The normalized spacial score (nSPS) is 11.4. The Kier molecular flexibility index (Phi) is 8.52. The highest BCUT2D eigenvalue weighted by Gasteiger charge is 2.12. The first-order valence-electron chi connectivity index (χ1n) is 10.2. The zero-order valence-corrected chi connectivity index (χ0v) is 17.7. The highest BCUT2D eigenvalue weighted by atomic mass is 16.5. The van der Waals surface area contributed by atoms with E-state index in [0.29, 0.717) is 24.3 Å². The third-order valence-corrected chi connectivity index (χ3v) is 4.69. The first kappa shape index (κ1) is 22.3. The second-order valence-corrected chi connectivity index (χ2v) is 6.82. The summed E-state index contributed by atoms with van der Waals surface area (Å²) in [5, 5.41) is 5.92. The third kappa shape index (κ3) is 6.82. The fraction of sp³-hybridized carbons (Fsp3) is 0.391. The number of anilines is 2. The molecule has 0 spiro atoms. The lowest BCUT2D eigenvalue weighted by Crippen LogP contribution is -2.30. The summed E-state index contributed by atoms with van der Waals surface area (Å²) in [4.78, 5) is 26.3. The second kappa shape index (κ2) is 11.1. The molecular weight excluding hydrogens is 366 g/mol. The molecule has 2 rings (SSSR count). The summed E-state index contributed by atoms with van der Waals surface area (Å²) >= 11 is 0. The zero-order valence-electron chi connectivity index (χ0n) is 17.7. The van der Waals surface area contributed by atoms with E-state index in [4.69, 9.17) is 4.74 Å². The molecule has 2 amide bonds. The molecule has 1 unspecified atom stereocenters. The molecule has 0 saturated heterocycles. The molecule has 6 nitrogen and oxygen atoms in total. The lowest BCUT2D eigenvalue weighted by atomic mass is 10.1. The van der Waals surface area contributed by atoms with E-state index < -0.39 is 0 Å². The molecule has 0 aliphatic carbocycles. The maximum Gasteiger partial charge on any atom is 0.253 e. The van der Waals surface area contributed by atoms with E-state index in [1.54, 1.807) is 29.2 Å². The van der Waals surface area contributed by atoms with Crippen LogP contribution in [0, 0.1) is 0 Å². The minimum Gasteiger partial charge on any atom is -0.491 e. The highest BCUT2D eigenvalue weighted by molar-refractivity contribution is 5.96. The maximum absolute atomic E-state index is 12.3. The molecule has 6 heteroatoms. The summed E-state index contributed by atoms with van der Waals surface area (Å²) in [6.07, 6.45) is 1.12. The van der Waals surface area contributed by atoms with Crippen molar-refractivity contribution in [2.75, 3.05) is 30.3 Å². The molecular formula is C23H31N3O3. The van der Waals surface area contributed by atoms with Crippen LogP contribution in [0.4, 0.5) is 11.4 Å². The molecule has 0 aliphatic rings. The number of nitrogens with zero attached hydrogens (tertiary/aromatic N) is 1. The number of hydrogen-bond acceptors (Lipinski definition) is 4. The summed E-state index contributed by atoms with van der Waals surface area (Å²) in [6.45, 7) is 9.50. The lowest BCUT2D eigenvalue weighted by Gasteiger charge is -2.18. The monoisotopic (exact) mass is 397 g/mol. The summed E-state index contributed by atoms with van der Waals surface area (Å²) < 4.78 is 5.74. The Bertz CT molecular complexity index is 784. The van der Waals surface area contributed by atoms with Crippen molar-refractivity contribution in [2.45, 2.75) is 40.2 Å². The van der Waals surface area contributed by atoms with Crippen molar-refractivity contribution >= 4 is 23.2 Å². The van der Waals surface area contributed by atoms with E-state index in [1.807, 2.05) is 45.0 Å². The molecule has 2 aromatic rings. The maximum atomic E-state index is 12.3. The van der Waals surface area contributed by atoms with E-state index >= 15 is 0 Å². The summed E-state index contributed by atoms with van der Waals surface area (Å²) in [5.74, 6) is 0.650. The molecule has 2 aromatic carbocycles. The van der Waals surface area contributed by atoms with Crippen LogP contribution in [0.5, 0.6) is 5.75 Å². The van der Waals surface area contributed by atoms with Gasteiger partial charge in [-0.1, -0.05) is 6.92 Å². The van der Waals surface area contributed by atoms with Gasteiger partial charge >= 0.3 is 0 Å². The first-order valence-corrected chi connectivity index (χ1v) is 10.2. The van der Waals surface area contributed by atoms with Gasteiger partial charge in [0, 0.05) is 30.0 Å². The van der Waals surface area contributed by atoms with Crippen LogP contribution in [0.1, 0.15) is 44.5 Å². The minimum absolute atomic E-state index is 0.00435. The van der Waals surface area contributed by atoms with Crippen molar-refractivity contribution in [1.82, 2.24) is 4.90 Å². The molecule has 0 bridgehead atoms. The van der Waals surface area contributed by atoms with Crippen molar-refractivity contribution in [2.24, 2.45) is 0 Å². The number of nitrogens with one attached hydrogen (secondary N) is 2. The van der Waals surface area contributed by atoms with Gasteiger partial charge in [0.15, 0.2) is 0 Å². The highest BCUT2D eigenvalue weighted by Crippen LogP contribution is 2.17. The predicted molar refractivity (Wildman–Crippen MR) is 118 cm³/mol. The molecule has 0 fully saturated rings. The van der Waals surface area contributed by atoms with Gasteiger partial charge in [0.25, 0.3) is 5.91 Å². The van der Waals surface area contributed by atoms with E-state index in [1.165, 1.54) is 0 Å². The summed E-state index contributed by atoms with van der Waals surface area (Å²) in [5.41, 5.74) is 2.12. The molecule has 2 N–H and O–H groups in total. The summed E-state index contributed by atoms with van der Waals surface area (Å²) in [6, 6.07) is 14.5. The topological polar surface area (TPSA) is 70.7 Å². The smallest absolute Gasteiger partial charge is 0.253 e. The van der Waals surface area contributed by atoms with Crippen molar-refractivity contribution in [3.63, 3.8) is 0 Å². The van der Waals surface area contributed by atoms with Gasteiger partial charge < -0.3 is 20.3 Å². The zero-order chi connectivity index (χ0) is 21.2. The first-order chi connectivity index (χ1) is 14.0. The van der Waals surface area contributed by atoms with Crippen LogP contribution in [0.25, 0.3) is 0 Å². The summed E-state index contributed by atoms with van der Waals surface area (Å²) in [7, 11) is 0. The van der Waals surface area contributed by atoms with Gasteiger partial charge in [-0.25, -0.2) is 0 Å². The van der Waals surface area contributed by atoms with Crippen molar-refractivity contribution < 1.29 is 14.3 Å². The van der Waals surface area contributed by atoms with E-state index in [-0.39, 0.29) is 24.5 Å². The molecule has 0 heterocycles. The van der Waals surface area contributed by atoms with Gasteiger partial charge in [0.1, 0.15) is 5.75 Å². The van der Waals surface area contributed by atoms with Crippen molar-refractivity contribution in [3.8, 4) is 5.75 Å². The number of amides is 2. The van der Waals surface area contributed by atoms with Gasteiger partial charge in [-0.3, -0.25) is 9.59 Å². The van der Waals surface area contributed by atoms with Gasteiger partial charge in [-0.15, -0.1) is 0 Å². The number of rotatable bonds is 10. The Morgan fingerprint density at radius 3 is 2.07 bits per heavy atom. The van der Waals surface area contributed by atoms with Crippen LogP contribution < -0.4 is 15.4 Å². The number of hydrogen-bond donors (Lipinski definition) is 2. The molecule has 0 radical (unpaired) electrons. The fourth-order valence-corrected chi connectivity index (χ4v) is 2.74. The van der Waals surface area contributed by atoms with Crippen molar-refractivity contribution in [1.29, 1.82) is 0 Å². The lowest BCUT2D eigenvalue weighted by molar-refractivity contribution is -0.114. The Balaban J connectivity index is 1.84. The van der Waals surface area contributed by atoms with Crippen LogP contribution in [-0.4, -0.2) is 42.5 Å². The van der Waals surface area contributed by atoms with Gasteiger partial charge in [0.05, 0.1) is 12.6 Å². The van der Waals surface area contributed by atoms with E-state index in [0.717, 1.165) is 17.9 Å². The Labute approximate surface area is 173 Å². The second-order valence-electron chi connectivity index (χ2n) is 6.82. The molecule has 156 valence electrons.